The van der Waals surface area contributed by atoms with Crippen LogP contribution in [0.3, 0.4) is 0 Å². The molecule has 1 aliphatic heterocycles. The van der Waals surface area contributed by atoms with Crippen molar-refractivity contribution >= 4 is 21.7 Å². The molecule has 0 bridgehead atoms. The van der Waals surface area contributed by atoms with Crippen molar-refractivity contribution < 1.29 is 22.7 Å². The zero-order valence-electron chi connectivity index (χ0n) is 16.9. The van der Waals surface area contributed by atoms with Gasteiger partial charge < -0.3 is 14.6 Å². The van der Waals surface area contributed by atoms with Crippen molar-refractivity contribution in [2.45, 2.75) is 39.3 Å². The molecule has 156 valence electrons. The molecule has 1 aromatic carbocycles. The summed E-state index contributed by atoms with van der Waals surface area (Å²) < 4.78 is 30.5. The second kappa shape index (κ2) is 8.02. The summed E-state index contributed by atoms with van der Waals surface area (Å²) in [6.45, 7) is 5.64. The van der Waals surface area contributed by atoms with Gasteiger partial charge in [0.1, 0.15) is 0 Å². The van der Waals surface area contributed by atoms with Gasteiger partial charge in [0.05, 0.1) is 22.6 Å². The molecule has 3 rings (SSSR count). The SMILES string of the molecule is Cc1cc(C(=O)OCC(=O)N[C@]2(C)CCS(=O)(=O)C2)c(C)n1Cc1ccccc1. The highest BCUT2D eigenvalue weighted by atomic mass is 32.2. The average molecular weight is 419 g/mol. The van der Waals surface area contributed by atoms with Gasteiger partial charge in [0.15, 0.2) is 16.4 Å². The number of carbonyl (C=O) groups excluding carboxylic acids is 2. The molecule has 0 aliphatic carbocycles. The van der Waals surface area contributed by atoms with Crippen molar-refractivity contribution in [2.24, 2.45) is 0 Å². The first-order chi connectivity index (χ1) is 13.6. The number of benzene rings is 1. The normalized spacial score (nSPS) is 20.4. The van der Waals surface area contributed by atoms with Gasteiger partial charge in [0.2, 0.25) is 0 Å². The van der Waals surface area contributed by atoms with Gasteiger partial charge in [-0.15, -0.1) is 0 Å². The molecular formula is C21H26N2O5S. The van der Waals surface area contributed by atoms with E-state index in [4.69, 9.17) is 4.74 Å². The van der Waals surface area contributed by atoms with Crippen molar-refractivity contribution in [1.82, 2.24) is 9.88 Å². The van der Waals surface area contributed by atoms with Crippen LogP contribution >= 0.6 is 0 Å². The molecule has 1 N–H and O–H groups in total. The monoisotopic (exact) mass is 418 g/mol. The maximum Gasteiger partial charge on any atom is 0.340 e. The second-order valence-electron chi connectivity index (χ2n) is 7.88. The third-order valence-electron chi connectivity index (χ3n) is 5.26. The largest absolute Gasteiger partial charge is 0.452 e. The minimum Gasteiger partial charge on any atom is -0.452 e. The summed E-state index contributed by atoms with van der Waals surface area (Å²) in [6, 6.07) is 11.7. The maximum absolute atomic E-state index is 12.5. The zero-order valence-corrected chi connectivity index (χ0v) is 17.7. The highest BCUT2D eigenvalue weighted by Crippen LogP contribution is 2.23. The number of nitrogens with one attached hydrogen (secondary N) is 1. The van der Waals surface area contributed by atoms with Crippen LogP contribution in [0, 0.1) is 13.8 Å². The summed E-state index contributed by atoms with van der Waals surface area (Å²) in [5, 5.41) is 2.68. The first-order valence-electron chi connectivity index (χ1n) is 9.48. The van der Waals surface area contributed by atoms with Crippen LogP contribution in [0.1, 0.15) is 40.7 Å². The molecular weight excluding hydrogens is 392 g/mol. The molecule has 1 aromatic heterocycles. The molecule has 0 spiro atoms. The van der Waals surface area contributed by atoms with Crippen LogP contribution in [0.2, 0.25) is 0 Å². The Bertz CT molecular complexity index is 1030. The summed E-state index contributed by atoms with van der Waals surface area (Å²) in [6.07, 6.45) is 0.357. The van der Waals surface area contributed by atoms with Gasteiger partial charge in [-0.1, -0.05) is 30.3 Å². The molecule has 2 heterocycles. The minimum absolute atomic E-state index is 0.0525. The highest BCUT2D eigenvalue weighted by Gasteiger charge is 2.39. The molecule has 1 atom stereocenters. The number of sulfone groups is 1. The number of rotatable bonds is 6. The summed E-state index contributed by atoms with van der Waals surface area (Å²) in [7, 11) is -3.13. The first-order valence-corrected chi connectivity index (χ1v) is 11.3. The molecule has 2 aromatic rings. The number of hydrogen-bond donors (Lipinski definition) is 1. The third-order valence-corrected chi connectivity index (χ3v) is 7.16. The topological polar surface area (TPSA) is 94.5 Å². The molecule has 7 nitrogen and oxygen atoms in total. The molecule has 1 aliphatic rings. The first kappa shape index (κ1) is 21.1. The Labute approximate surface area is 171 Å². The number of carbonyl (C=O) groups is 2. The van der Waals surface area contributed by atoms with Crippen molar-refractivity contribution in [1.29, 1.82) is 0 Å². The second-order valence-corrected chi connectivity index (χ2v) is 10.1. The average Bonchev–Trinajstić information content (AvgIpc) is 3.09. The molecule has 0 saturated carbocycles. The van der Waals surface area contributed by atoms with Gasteiger partial charge >= 0.3 is 5.97 Å². The number of ether oxygens (including phenoxy) is 1. The quantitative estimate of drug-likeness (QED) is 0.724. The number of aromatic nitrogens is 1. The fourth-order valence-corrected chi connectivity index (χ4v) is 5.80. The Balaban J connectivity index is 1.61. The fraction of sp³-hybridized carbons (Fsp3) is 0.429. The van der Waals surface area contributed by atoms with Crippen LogP contribution in [-0.2, 0) is 25.9 Å². The van der Waals surface area contributed by atoms with Gasteiger partial charge in [-0.3, -0.25) is 4.79 Å². The Morgan fingerprint density at radius 1 is 1.21 bits per heavy atom. The Kier molecular flexibility index (Phi) is 5.84. The van der Waals surface area contributed by atoms with Crippen molar-refractivity contribution in [2.75, 3.05) is 18.1 Å². The van der Waals surface area contributed by atoms with Crippen LogP contribution in [0.5, 0.6) is 0 Å². The van der Waals surface area contributed by atoms with E-state index in [2.05, 4.69) is 5.32 Å². The predicted octanol–water partition coefficient (Wildman–Crippen LogP) is 2.00. The smallest absolute Gasteiger partial charge is 0.340 e. The van der Waals surface area contributed by atoms with Crippen LogP contribution < -0.4 is 5.32 Å². The number of hydrogen-bond acceptors (Lipinski definition) is 5. The van der Waals surface area contributed by atoms with E-state index in [0.29, 0.717) is 18.5 Å². The predicted molar refractivity (Wildman–Crippen MR) is 110 cm³/mol. The summed E-state index contributed by atoms with van der Waals surface area (Å²) in [5.41, 5.74) is 2.42. The molecule has 1 amide bonds. The number of amides is 1. The number of esters is 1. The van der Waals surface area contributed by atoms with Crippen molar-refractivity contribution in [3.8, 4) is 0 Å². The lowest BCUT2D eigenvalue weighted by Gasteiger charge is -2.23. The van der Waals surface area contributed by atoms with Gasteiger partial charge in [0.25, 0.3) is 5.91 Å². The summed E-state index contributed by atoms with van der Waals surface area (Å²) in [5.74, 6) is -1.12. The fourth-order valence-electron chi connectivity index (χ4n) is 3.71. The van der Waals surface area contributed by atoms with E-state index in [1.54, 1.807) is 13.0 Å². The highest BCUT2D eigenvalue weighted by molar-refractivity contribution is 7.91. The molecule has 8 heteroatoms. The van der Waals surface area contributed by atoms with Crippen LogP contribution in [0.25, 0.3) is 0 Å². The molecule has 1 saturated heterocycles. The molecule has 0 radical (unpaired) electrons. The Morgan fingerprint density at radius 3 is 2.52 bits per heavy atom. The van der Waals surface area contributed by atoms with E-state index in [1.807, 2.05) is 48.7 Å². The van der Waals surface area contributed by atoms with Gasteiger partial charge in [-0.05, 0) is 38.8 Å². The lowest BCUT2D eigenvalue weighted by molar-refractivity contribution is -0.125. The van der Waals surface area contributed by atoms with E-state index in [-0.39, 0.29) is 11.5 Å². The number of nitrogens with zero attached hydrogens (tertiary/aromatic N) is 1. The van der Waals surface area contributed by atoms with E-state index >= 15 is 0 Å². The van der Waals surface area contributed by atoms with Crippen molar-refractivity contribution in [3.05, 3.63) is 58.9 Å². The third kappa shape index (κ3) is 5.06. The van der Waals surface area contributed by atoms with Gasteiger partial charge in [0, 0.05) is 17.9 Å². The lowest BCUT2D eigenvalue weighted by atomic mass is 10.0. The van der Waals surface area contributed by atoms with Crippen molar-refractivity contribution in [3.63, 3.8) is 0 Å². The van der Waals surface area contributed by atoms with Crippen LogP contribution in [0.15, 0.2) is 36.4 Å². The Morgan fingerprint density at radius 2 is 1.90 bits per heavy atom. The summed E-state index contributed by atoms with van der Waals surface area (Å²) in [4.78, 5) is 24.7. The Hall–Kier alpha value is -2.61. The zero-order chi connectivity index (χ0) is 21.2. The van der Waals surface area contributed by atoms with Crippen LogP contribution in [0.4, 0.5) is 0 Å². The summed E-state index contributed by atoms with van der Waals surface area (Å²) >= 11 is 0. The van der Waals surface area contributed by atoms with Gasteiger partial charge in [-0.25, -0.2) is 13.2 Å². The van der Waals surface area contributed by atoms with Gasteiger partial charge in [-0.2, -0.15) is 0 Å². The molecule has 1 fully saturated rings. The lowest BCUT2D eigenvalue weighted by Crippen LogP contribution is -2.48. The minimum atomic E-state index is -3.13. The molecule has 29 heavy (non-hydrogen) atoms. The van der Waals surface area contributed by atoms with E-state index < -0.39 is 33.9 Å². The van der Waals surface area contributed by atoms with E-state index in [0.717, 1.165) is 17.0 Å². The van der Waals surface area contributed by atoms with Crippen LogP contribution in [-0.4, -0.2) is 48.5 Å². The van der Waals surface area contributed by atoms with E-state index in [9.17, 15) is 18.0 Å². The van der Waals surface area contributed by atoms with E-state index in [1.165, 1.54) is 0 Å². The molecule has 0 unspecified atom stereocenters. The maximum atomic E-state index is 12.5. The standard InChI is InChI=1S/C21H26N2O5S/c1-15-11-18(16(2)23(15)12-17-7-5-4-6-8-17)20(25)28-13-19(24)22-21(3)9-10-29(26,27)14-21/h4-8,11H,9-10,12-14H2,1-3H3,(H,22,24)/t21-/m1/s1. The number of aryl methyl sites for hydroxylation is 1.